The van der Waals surface area contributed by atoms with Gasteiger partial charge in [0.25, 0.3) is 0 Å². The highest BCUT2D eigenvalue weighted by Gasteiger charge is 2.37. The van der Waals surface area contributed by atoms with Crippen molar-refractivity contribution in [2.24, 2.45) is 11.7 Å². The van der Waals surface area contributed by atoms with E-state index in [1.54, 1.807) is 0 Å². The van der Waals surface area contributed by atoms with Gasteiger partial charge in [-0.3, -0.25) is 4.79 Å². The fourth-order valence-electron chi connectivity index (χ4n) is 1.14. The number of carbonyl (C=O) groups is 2. The fourth-order valence-corrected chi connectivity index (χ4v) is 1.14. The summed E-state index contributed by atoms with van der Waals surface area (Å²) in [6, 6.07) is -0.645. The Morgan fingerprint density at radius 1 is 1.44 bits per heavy atom. The molecule has 94 valence electrons. The molecule has 1 amide bonds. The van der Waals surface area contributed by atoms with Gasteiger partial charge in [-0.05, 0) is 19.8 Å². The van der Waals surface area contributed by atoms with Gasteiger partial charge in [-0.15, -0.1) is 0 Å². The second kappa shape index (κ2) is 5.30. The number of nitrogens with zero attached hydrogens (tertiary/aromatic N) is 1. The Labute approximate surface area is 96.6 Å². The number of rotatable bonds is 5. The van der Waals surface area contributed by atoms with Crippen molar-refractivity contribution >= 4 is 11.9 Å². The molecule has 5 nitrogen and oxygen atoms in total. The molecule has 1 unspecified atom stereocenters. The summed E-state index contributed by atoms with van der Waals surface area (Å²) in [6.45, 7) is 6.79. The van der Waals surface area contributed by atoms with E-state index in [1.165, 1.54) is 25.8 Å². The molecule has 16 heavy (non-hydrogen) atoms. The first-order valence-electron chi connectivity index (χ1n) is 5.42. The molecule has 0 aromatic rings. The number of carbonyl (C=O) groups excluding carboxylic acids is 1. The van der Waals surface area contributed by atoms with E-state index in [0.717, 1.165) is 6.42 Å². The van der Waals surface area contributed by atoms with E-state index in [-0.39, 0.29) is 11.8 Å². The highest BCUT2D eigenvalue weighted by molar-refractivity contribution is 5.88. The Bertz CT molecular complexity index is 276. The minimum atomic E-state index is -1.23. The lowest BCUT2D eigenvalue weighted by Gasteiger charge is -2.34. The van der Waals surface area contributed by atoms with Crippen LogP contribution in [0.1, 0.15) is 34.1 Å². The molecule has 3 N–H and O–H groups in total. The zero-order valence-electron chi connectivity index (χ0n) is 10.7. The second-order valence-corrected chi connectivity index (χ2v) is 4.67. The van der Waals surface area contributed by atoms with Crippen LogP contribution in [0.5, 0.6) is 0 Å². The molecular weight excluding hydrogens is 208 g/mol. The number of likely N-dealkylation sites (N-methyl/N-ethyl adjacent to an activating group) is 1. The highest BCUT2D eigenvalue weighted by atomic mass is 16.4. The average Bonchev–Trinajstić information content (AvgIpc) is 2.24. The molecular formula is C11H22N2O3. The summed E-state index contributed by atoms with van der Waals surface area (Å²) in [5.74, 6) is -1.33. The van der Waals surface area contributed by atoms with E-state index in [9.17, 15) is 9.59 Å². The standard InChI is InChI=1S/C11H22N2O3/c1-6-7(2)8(12)9(14)13(5)11(3,4)10(15)16/h7-8H,6,12H2,1-5H3,(H,15,16)/t7?,8-/m0/s1. The van der Waals surface area contributed by atoms with E-state index in [4.69, 9.17) is 10.8 Å². The summed E-state index contributed by atoms with van der Waals surface area (Å²) in [7, 11) is 1.47. The smallest absolute Gasteiger partial charge is 0.329 e. The first kappa shape index (κ1) is 14.9. The number of nitrogens with two attached hydrogens (primary N) is 1. The fraction of sp³-hybridized carbons (Fsp3) is 0.818. The van der Waals surface area contributed by atoms with Crippen molar-refractivity contribution in [1.82, 2.24) is 4.90 Å². The number of aliphatic carboxylic acids is 1. The SMILES string of the molecule is CCC(C)[C@H](N)C(=O)N(C)C(C)(C)C(=O)O. The summed E-state index contributed by atoms with van der Waals surface area (Å²) >= 11 is 0. The summed E-state index contributed by atoms with van der Waals surface area (Å²) in [5.41, 5.74) is 4.55. The van der Waals surface area contributed by atoms with E-state index in [0.29, 0.717) is 0 Å². The Kier molecular flexibility index (Phi) is 4.93. The normalized spacial score (nSPS) is 15.4. The van der Waals surface area contributed by atoms with Crippen LogP contribution in [0.3, 0.4) is 0 Å². The molecule has 5 heteroatoms. The Hall–Kier alpha value is -1.10. The van der Waals surface area contributed by atoms with Gasteiger partial charge in [-0.1, -0.05) is 20.3 Å². The molecule has 0 aromatic heterocycles. The first-order chi connectivity index (χ1) is 7.16. The van der Waals surface area contributed by atoms with E-state index in [1.807, 2.05) is 13.8 Å². The Balaban J connectivity index is 4.81. The monoisotopic (exact) mass is 230 g/mol. The van der Waals surface area contributed by atoms with Crippen LogP contribution in [0.25, 0.3) is 0 Å². The number of hydrogen-bond donors (Lipinski definition) is 2. The van der Waals surface area contributed by atoms with Crippen LogP contribution >= 0.6 is 0 Å². The third-order valence-corrected chi connectivity index (χ3v) is 3.23. The van der Waals surface area contributed by atoms with Crippen molar-refractivity contribution in [2.75, 3.05) is 7.05 Å². The third kappa shape index (κ3) is 2.95. The number of carboxylic acid groups (broad SMARTS) is 1. The Morgan fingerprint density at radius 3 is 2.19 bits per heavy atom. The molecule has 0 aliphatic carbocycles. The molecule has 0 aliphatic heterocycles. The molecule has 2 atom stereocenters. The van der Waals surface area contributed by atoms with Crippen molar-refractivity contribution in [3.05, 3.63) is 0 Å². The third-order valence-electron chi connectivity index (χ3n) is 3.23. The maximum atomic E-state index is 11.9. The highest BCUT2D eigenvalue weighted by Crippen LogP contribution is 2.16. The lowest BCUT2D eigenvalue weighted by molar-refractivity contribution is -0.156. The van der Waals surface area contributed by atoms with E-state index >= 15 is 0 Å². The van der Waals surface area contributed by atoms with Crippen LogP contribution in [0.4, 0.5) is 0 Å². The predicted octanol–water partition coefficient (Wildman–Crippen LogP) is 0.681. The van der Waals surface area contributed by atoms with Crippen molar-refractivity contribution in [3.8, 4) is 0 Å². The molecule has 0 aromatic carbocycles. The lowest BCUT2D eigenvalue weighted by atomic mass is 9.96. The van der Waals surface area contributed by atoms with Gasteiger partial charge in [0.1, 0.15) is 5.54 Å². The van der Waals surface area contributed by atoms with Gasteiger partial charge in [0.05, 0.1) is 6.04 Å². The van der Waals surface area contributed by atoms with Gasteiger partial charge in [0.2, 0.25) is 5.91 Å². The minimum absolute atomic E-state index is 0.0412. The number of amides is 1. The maximum absolute atomic E-state index is 11.9. The average molecular weight is 230 g/mol. The van der Waals surface area contributed by atoms with E-state index < -0.39 is 17.6 Å². The minimum Gasteiger partial charge on any atom is -0.480 e. The van der Waals surface area contributed by atoms with Gasteiger partial charge in [0.15, 0.2) is 0 Å². The van der Waals surface area contributed by atoms with Gasteiger partial charge in [0, 0.05) is 7.05 Å². The molecule has 0 bridgehead atoms. The van der Waals surface area contributed by atoms with Gasteiger partial charge >= 0.3 is 5.97 Å². The summed E-state index contributed by atoms with van der Waals surface area (Å²) in [6.07, 6.45) is 0.786. The number of hydrogen-bond acceptors (Lipinski definition) is 3. The lowest BCUT2D eigenvalue weighted by Crippen LogP contribution is -2.56. The molecule has 0 fully saturated rings. The van der Waals surface area contributed by atoms with E-state index in [2.05, 4.69) is 0 Å². The van der Waals surface area contributed by atoms with Gasteiger partial charge in [-0.25, -0.2) is 4.79 Å². The molecule has 0 heterocycles. The molecule has 0 radical (unpaired) electrons. The van der Waals surface area contributed by atoms with Crippen LogP contribution in [-0.2, 0) is 9.59 Å². The topological polar surface area (TPSA) is 83.6 Å². The largest absolute Gasteiger partial charge is 0.480 e. The van der Waals surface area contributed by atoms with Crippen LogP contribution in [-0.4, -0.2) is 40.5 Å². The predicted molar refractivity (Wildman–Crippen MR) is 61.9 cm³/mol. The Morgan fingerprint density at radius 2 is 1.88 bits per heavy atom. The van der Waals surface area contributed by atoms with Crippen molar-refractivity contribution in [1.29, 1.82) is 0 Å². The molecule has 0 aliphatic rings. The molecule has 0 rings (SSSR count). The first-order valence-corrected chi connectivity index (χ1v) is 5.42. The zero-order chi connectivity index (χ0) is 13.1. The van der Waals surface area contributed by atoms with Crippen LogP contribution in [0, 0.1) is 5.92 Å². The van der Waals surface area contributed by atoms with Crippen molar-refractivity contribution < 1.29 is 14.7 Å². The summed E-state index contributed by atoms with van der Waals surface area (Å²) < 4.78 is 0. The van der Waals surface area contributed by atoms with Crippen LogP contribution < -0.4 is 5.73 Å². The number of carboxylic acids is 1. The van der Waals surface area contributed by atoms with Crippen molar-refractivity contribution in [2.45, 2.75) is 45.7 Å². The summed E-state index contributed by atoms with van der Waals surface area (Å²) in [4.78, 5) is 24.1. The zero-order valence-corrected chi connectivity index (χ0v) is 10.7. The van der Waals surface area contributed by atoms with Crippen LogP contribution in [0.2, 0.25) is 0 Å². The second-order valence-electron chi connectivity index (χ2n) is 4.67. The molecule has 0 spiro atoms. The quantitative estimate of drug-likeness (QED) is 0.727. The van der Waals surface area contributed by atoms with Crippen molar-refractivity contribution in [3.63, 3.8) is 0 Å². The van der Waals surface area contributed by atoms with Crippen LogP contribution in [0.15, 0.2) is 0 Å². The van der Waals surface area contributed by atoms with Gasteiger partial charge in [-0.2, -0.15) is 0 Å². The maximum Gasteiger partial charge on any atom is 0.329 e. The summed E-state index contributed by atoms with van der Waals surface area (Å²) in [5, 5.41) is 9.00. The molecule has 0 saturated heterocycles. The van der Waals surface area contributed by atoms with Gasteiger partial charge < -0.3 is 15.7 Å². The molecule has 0 saturated carbocycles.